The Bertz CT molecular complexity index is 2840. The Morgan fingerprint density at radius 3 is 1.58 bits per heavy atom. The van der Waals surface area contributed by atoms with Gasteiger partial charge in [-0.3, -0.25) is 4.90 Å². The molecular weight excluding hydrogens is 691 g/mol. The van der Waals surface area contributed by atoms with Crippen LogP contribution in [0.5, 0.6) is 0 Å². The van der Waals surface area contributed by atoms with Gasteiger partial charge in [-0.25, -0.2) is 4.98 Å². The van der Waals surface area contributed by atoms with Gasteiger partial charge in [-0.15, -0.1) is 0 Å². The van der Waals surface area contributed by atoms with Gasteiger partial charge in [0.1, 0.15) is 5.82 Å². The van der Waals surface area contributed by atoms with Crippen LogP contribution in [0.4, 0.5) is 34.3 Å². The number of para-hydroxylation sites is 1. The normalized spacial score (nSPS) is 12.5. The highest BCUT2D eigenvalue weighted by Gasteiger charge is 2.35. The lowest BCUT2D eigenvalue weighted by atomic mass is 9.82. The second-order valence-corrected chi connectivity index (χ2v) is 15.3. The Balaban J connectivity index is 0.983. The molecule has 0 spiro atoms. The van der Waals surface area contributed by atoms with E-state index in [0.29, 0.717) is 0 Å². The zero-order valence-corrected chi connectivity index (χ0v) is 32.0. The molecule has 3 nitrogen and oxygen atoms in total. The Kier molecular flexibility index (Phi) is 8.49. The third kappa shape index (κ3) is 6.24. The third-order valence-corrected chi connectivity index (χ3v) is 11.5. The number of pyridine rings is 1. The lowest BCUT2D eigenvalue weighted by molar-refractivity contribution is 0.660. The van der Waals surface area contributed by atoms with Gasteiger partial charge >= 0.3 is 0 Å². The van der Waals surface area contributed by atoms with Gasteiger partial charge in [0.05, 0.1) is 0 Å². The van der Waals surface area contributed by atoms with Crippen LogP contribution in [0, 0.1) is 0 Å². The van der Waals surface area contributed by atoms with Gasteiger partial charge < -0.3 is 4.90 Å². The second kappa shape index (κ2) is 14.1. The molecule has 1 heterocycles. The predicted molar refractivity (Wildman–Crippen MR) is 240 cm³/mol. The summed E-state index contributed by atoms with van der Waals surface area (Å²) in [6, 6.07) is 74.0. The molecule has 8 aromatic carbocycles. The number of hydrogen-bond donors (Lipinski definition) is 0. The molecule has 0 radical (unpaired) electrons. The van der Waals surface area contributed by atoms with Crippen molar-refractivity contribution in [2.24, 2.45) is 0 Å². The summed E-state index contributed by atoms with van der Waals surface area (Å²) in [5.41, 5.74) is 15.3. The number of rotatable bonds is 8. The molecule has 0 saturated heterocycles. The quantitative estimate of drug-likeness (QED) is 0.155. The fourth-order valence-corrected chi connectivity index (χ4v) is 8.51. The average Bonchev–Trinajstić information content (AvgIpc) is 3.50. The summed E-state index contributed by atoms with van der Waals surface area (Å²) in [6.45, 7) is 4.68. The molecule has 272 valence electrons. The van der Waals surface area contributed by atoms with E-state index in [-0.39, 0.29) is 5.41 Å². The van der Waals surface area contributed by atoms with E-state index in [1.165, 1.54) is 44.2 Å². The second-order valence-electron chi connectivity index (χ2n) is 15.3. The molecule has 0 atom stereocenters. The van der Waals surface area contributed by atoms with Crippen LogP contribution in [-0.2, 0) is 5.41 Å². The SMILES string of the molecule is CC1(C)c2ccccc2-c2ccc(N(c3ccccc3)c3ccc(-c4ccc(N(c5ccc(-c6ccccc6)cc5)c5ccc6ccccc6c5)nc4)cc3)cc21. The monoisotopic (exact) mass is 731 g/mol. The molecule has 0 saturated carbocycles. The first-order valence-corrected chi connectivity index (χ1v) is 19.6. The van der Waals surface area contributed by atoms with Crippen LogP contribution in [-0.4, -0.2) is 4.98 Å². The fourth-order valence-electron chi connectivity index (χ4n) is 8.51. The molecule has 1 aliphatic rings. The molecule has 9 aromatic rings. The third-order valence-electron chi connectivity index (χ3n) is 11.5. The van der Waals surface area contributed by atoms with Crippen LogP contribution < -0.4 is 9.80 Å². The van der Waals surface area contributed by atoms with E-state index in [1.807, 2.05) is 6.20 Å². The molecule has 1 aromatic heterocycles. The summed E-state index contributed by atoms with van der Waals surface area (Å²) in [5, 5.41) is 2.40. The molecule has 0 bridgehead atoms. The van der Waals surface area contributed by atoms with E-state index in [0.717, 1.165) is 45.4 Å². The Hall–Kier alpha value is -7.23. The van der Waals surface area contributed by atoms with Crippen LogP contribution in [0.25, 0.3) is 44.2 Å². The maximum atomic E-state index is 5.10. The largest absolute Gasteiger partial charge is 0.310 e. The molecule has 0 N–H and O–H groups in total. The highest BCUT2D eigenvalue weighted by molar-refractivity contribution is 5.90. The standard InChI is InChI=1S/C54H41N3/c1-54(2)51-20-12-11-19-49(51)50-33-32-48(36-52(50)54)56(44-17-7-4-8-18-44)45-27-23-41(24-28-45)43-26-34-53(55-37-43)57(47-31-25-39-15-9-10-16-42(39)35-47)46-29-21-40(22-30-46)38-13-5-3-6-14-38/h3-37H,1-2H3. The summed E-state index contributed by atoms with van der Waals surface area (Å²) in [5.74, 6) is 0.857. The van der Waals surface area contributed by atoms with E-state index in [9.17, 15) is 0 Å². The summed E-state index contributed by atoms with van der Waals surface area (Å²) < 4.78 is 0. The van der Waals surface area contributed by atoms with Crippen LogP contribution in [0.15, 0.2) is 212 Å². The van der Waals surface area contributed by atoms with Gasteiger partial charge in [0.2, 0.25) is 0 Å². The van der Waals surface area contributed by atoms with Gasteiger partial charge in [0.15, 0.2) is 0 Å². The molecule has 3 heteroatoms. The first kappa shape index (κ1) is 34.3. The van der Waals surface area contributed by atoms with Crippen LogP contribution >= 0.6 is 0 Å². The number of aromatic nitrogens is 1. The van der Waals surface area contributed by atoms with Crippen molar-refractivity contribution in [1.29, 1.82) is 0 Å². The highest BCUT2D eigenvalue weighted by Crippen LogP contribution is 2.50. The summed E-state index contributed by atoms with van der Waals surface area (Å²) in [4.78, 5) is 9.70. The Labute approximate surface area is 334 Å². The van der Waals surface area contributed by atoms with Crippen LogP contribution in [0.3, 0.4) is 0 Å². The van der Waals surface area contributed by atoms with Crippen molar-refractivity contribution in [2.45, 2.75) is 19.3 Å². The van der Waals surface area contributed by atoms with Crippen molar-refractivity contribution >= 4 is 45.0 Å². The van der Waals surface area contributed by atoms with Crippen molar-refractivity contribution in [1.82, 2.24) is 4.98 Å². The van der Waals surface area contributed by atoms with Gasteiger partial charge in [0, 0.05) is 45.6 Å². The Morgan fingerprint density at radius 1 is 0.351 bits per heavy atom. The minimum absolute atomic E-state index is 0.0805. The minimum atomic E-state index is -0.0805. The molecule has 0 amide bonds. The van der Waals surface area contributed by atoms with Gasteiger partial charge in [-0.2, -0.15) is 0 Å². The molecule has 0 aliphatic heterocycles. The Morgan fingerprint density at radius 2 is 0.860 bits per heavy atom. The molecule has 0 fully saturated rings. The highest BCUT2D eigenvalue weighted by atomic mass is 15.2. The maximum Gasteiger partial charge on any atom is 0.137 e. The number of nitrogens with zero attached hydrogens (tertiary/aromatic N) is 3. The number of fused-ring (bicyclic) bond motifs is 4. The van der Waals surface area contributed by atoms with Crippen molar-refractivity contribution < 1.29 is 0 Å². The lowest BCUT2D eigenvalue weighted by Gasteiger charge is -2.28. The fraction of sp³-hybridized carbons (Fsp3) is 0.0556. The number of anilines is 6. The van der Waals surface area contributed by atoms with Crippen molar-refractivity contribution in [3.05, 3.63) is 224 Å². The molecule has 1 aliphatic carbocycles. The minimum Gasteiger partial charge on any atom is -0.310 e. The average molecular weight is 732 g/mol. The van der Waals surface area contributed by atoms with E-state index in [2.05, 4.69) is 230 Å². The topological polar surface area (TPSA) is 19.4 Å². The van der Waals surface area contributed by atoms with E-state index < -0.39 is 0 Å². The van der Waals surface area contributed by atoms with Gasteiger partial charge in [0.25, 0.3) is 0 Å². The molecule has 10 rings (SSSR count). The van der Waals surface area contributed by atoms with Crippen molar-refractivity contribution in [2.75, 3.05) is 9.80 Å². The number of hydrogen-bond acceptors (Lipinski definition) is 3. The summed E-state index contributed by atoms with van der Waals surface area (Å²) in [7, 11) is 0. The zero-order chi connectivity index (χ0) is 38.3. The predicted octanol–water partition coefficient (Wildman–Crippen LogP) is 14.8. The molecule has 0 unspecified atom stereocenters. The van der Waals surface area contributed by atoms with Crippen LogP contribution in [0.1, 0.15) is 25.0 Å². The van der Waals surface area contributed by atoms with Crippen LogP contribution in [0.2, 0.25) is 0 Å². The van der Waals surface area contributed by atoms with Crippen molar-refractivity contribution in [3.63, 3.8) is 0 Å². The first-order chi connectivity index (χ1) is 28.0. The first-order valence-electron chi connectivity index (χ1n) is 19.6. The molecule has 57 heavy (non-hydrogen) atoms. The molecular formula is C54H41N3. The van der Waals surface area contributed by atoms with Gasteiger partial charge in [-0.1, -0.05) is 147 Å². The van der Waals surface area contributed by atoms with E-state index in [1.54, 1.807) is 0 Å². The summed E-state index contributed by atoms with van der Waals surface area (Å²) >= 11 is 0. The smallest absolute Gasteiger partial charge is 0.137 e. The number of benzene rings is 8. The van der Waals surface area contributed by atoms with Crippen molar-refractivity contribution in [3.8, 4) is 33.4 Å². The zero-order valence-electron chi connectivity index (χ0n) is 32.0. The summed E-state index contributed by atoms with van der Waals surface area (Å²) in [6.07, 6.45) is 1.99. The van der Waals surface area contributed by atoms with Gasteiger partial charge in [-0.05, 0) is 123 Å². The van der Waals surface area contributed by atoms with E-state index in [4.69, 9.17) is 4.98 Å². The van der Waals surface area contributed by atoms with E-state index >= 15 is 0 Å². The maximum absolute atomic E-state index is 5.10. The lowest BCUT2D eigenvalue weighted by Crippen LogP contribution is -2.16.